The zero-order chi connectivity index (χ0) is 20.4. The number of rotatable bonds is 4. The van der Waals surface area contributed by atoms with Gasteiger partial charge in [0.15, 0.2) is 0 Å². The molecule has 29 heavy (non-hydrogen) atoms. The van der Waals surface area contributed by atoms with Crippen LogP contribution in [0.15, 0.2) is 55.1 Å². The molecule has 3 aromatic rings. The van der Waals surface area contributed by atoms with Crippen LogP contribution >= 0.6 is 0 Å². The lowest BCUT2D eigenvalue weighted by Gasteiger charge is -2.28. The first kappa shape index (κ1) is 19.1. The van der Waals surface area contributed by atoms with Crippen LogP contribution in [0.5, 0.6) is 0 Å². The predicted octanol–water partition coefficient (Wildman–Crippen LogP) is 3.28. The quantitative estimate of drug-likeness (QED) is 0.729. The van der Waals surface area contributed by atoms with Gasteiger partial charge in [0, 0.05) is 13.1 Å². The highest BCUT2D eigenvalue weighted by atomic mass is 19.4. The van der Waals surface area contributed by atoms with Crippen LogP contribution in [0.4, 0.5) is 18.9 Å². The summed E-state index contributed by atoms with van der Waals surface area (Å²) in [6, 6.07) is 11.2. The van der Waals surface area contributed by atoms with E-state index in [-0.39, 0.29) is 18.1 Å². The van der Waals surface area contributed by atoms with Gasteiger partial charge in [-0.05, 0) is 35.7 Å². The average molecular weight is 401 g/mol. The second-order valence-corrected chi connectivity index (χ2v) is 6.85. The molecule has 0 bridgehead atoms. The molecular formula is C20H18F3N5O. The first-order valence-electron chi connectivity index (χ1n) is 9.05. The molecule has 0 unspecified atom stereocenters. The molecule has 0 radical (unpaired) electrons. The van der Waals surface area contributed by atoms with Gasteiger partial charge in [-0.2, -0.15) is 18.3 Å². The topological polar surface area (TPSA) is 63.1 Å². The molecule has 2 aromatic carbocycles. The summed E-state index contributed by atoms with van der Waals surface area (Å²) in [6.45, 7) is 1.42. The van der Waals surface area contributed by atoms with Gasteiger partial charge in [0.05, 0.1) is 23.5 Å². The molecule has 1 aliphatic rings. The molecule has 1 aromatic heterocycles. The number of nitrogens with zero attached hydrogens (tertiary/aromatic N) is 4. The Balaban J connectivity index is 1.53. The minimum atomic E-state index is -4.52. The first-order chi connectivity index (χ1) is 13.9. The number of anilines is 1. The standard InChI is InChI=1S/C20H18F3N5O/c21-20(22,23)16-5-6-18(28-13-24-12-25-28)17(9-16)26-19(29)11-27-8-7-14-3-1-2-4-15(14)10-27/h1-6,9,12-13H,7-8,10-11H2,(H,26,29). The lowest BCUT2D eigenvalue weighted by Crippen LogP contribution is -2.37. The molecule has 150 valence electrons. The van der Waals surface area contributed by atoms with E-state index in [0.717, 1.165) is 24.1 Å². The lowest BCUT2D eigenvalue weighted by atomic mass is 10.00. The van der Waals surface area contributed by atoms with Crippen molar-refractivity contribution in [1.82, 2.24) is 19.7 Å². The van der Waals surface area contributed by atoms with E-state index >= 15 is 0 Å². The highest BCUT2D eigenvalue weighted by Crippen LogP contribution is 2.33. The maximum Gasteiger partial charge on any atom is 0.416 e. The van der Waals surface area contributed by atoms with Crippen molar-refractivity contribution in [2.45, 2.75) is 19.1 Å². The molecule has 0 spiro atoms. The number of halogens is 3. The molecule has 0 atom stereocenters. The molecule has 9 heteroatoms. The Labute approximate surface area is 165 Å². The van der Waals surface area contributed by atoms with Crippen LogP contribution in [0.3, 0.4) is 0 Å². The van der Waals surface area contributed by atoms with Crippen molar-refractivity contribution >= 4 is 11.6 Å². The number of carbonyl (C=O) groups excluding carboxylic acids is 1. The van der Waals surface area contributed by atoms with E-state index in [1.807, 2.05) is 23.1 Å². The Morgan fingerprint density at radius 1 is 1.14 bits per heavy atom. The summed E-state index contributed by atoms with van der Waals surface area (Å²) in [5.74, 6) is -0.384. The van der Waals surface area contributed by atoms with Gasteiger partial charge in [-0.15, -0.1) is 0 Å². The molecule has 0 saturated carbocycles. The number of fused-ring (bicyclic) bond motifs is 1. The molecule has 0 fully saturated rings. The molecule has 0 aliphatic carbocycles. The SMILES string of the molecule is O=C(CN1CCc2ccccc2C1)Nc1cc(C(F)(F)F)ccc1-n1cncn1. The van der Waals surface area contributed by atoms with E-state index in [1.54, 1.807) is 0 Å². The number of benzene rings is 2. The predicted molar refractivity (Wildman–Crippen MR) is 100 cm³/mol. The summed E-state index contributed by atoms with van der Waals surface area (Å²) in [4.78, 5) is 18.4. The zero-order valence-corrected chi connectivity index (χ0v) is 15.4. The van der Waals surface area contributed by atoms with Gasteiger partial charge in [0.1, 0.15) is 12.7 Å². The third-order valence-electron chi connectivity index (χ3n) is 4.84. The molecule has 1 N–H and O–H groups in total. The third-order valence-corrected chi connectivity index (χ3v) is 4.84. The molecule has 0 saturated heterocycles. The number of amides is 1. The summed E-state index contributed by atoms with van der Waals surface area (Å²) in [7, 11) is 0. The van der Waals surface area contributed by atoms with Crippen LogP contribution in [0.1, 0.15) is 16.7 Å². The Hall–Kier alpha value is -3.20. The first-order valence-corrected chi connectivity index (χ1v) is 9.05. The normalized spacial score (nSPS) is 14.4. The summed E-state index contributed by atoms with van der Waals surface area (Å²) in [6.07, 6.45) is -1.05. The van der Waals surface area contributed by atoms with Crippen molar-refractivity contribution in [3.63, 3.8) is 0 Å². The van der Waals surface area contributed by atoms with Crippen LogP contribution in [0.2, 0.25) is 0 Å². The Morgan fingerprint density at radius 2 is 1.93 bits per heavy atom. The van der Waals surface area contributed by atoms with Gasteiger partial charge >= 0.3 is 6.18 Å². The number of carbonyl (C=O) groups is 1. The van der Waals surface area contributed by atoms with Crippen molar-refractivity contribution in [3.8, 4) is 5.69 Å². The van der Waals surface area contributed by atoms with Crippen molar-refractivity contribution in [3.05, 3.63) is 71.8 Å². The van der Waals surface area contributed by atoms with Crippen LogP contribution in [0.25, 0.3) is 5.69 Å². The van der Waals surface area contributed by atoms with E-state index in [9.17, 15) is 18.0 Å². The van der Waals surface area contributed by atoms with Crippen molar-refractivity contribution in [1.29, 1.82) is 0 Å². The second kappa shape index (κ2) is 7.67. The maximum atomic E-state index is 13.1. The highest BCUT2D eigenvalue weighted by Gasteiger charge is 2.31. The molecule has 6 nitrogen and oxygen atoms in total. The summed E-state index contributed by atoms with van der Waals surface area (Å²) in [5.41, 5.74) is 1.92. The van der Waals surface area contributed by atoms with Gasteiger partial charge in [0.25, 0.3) is 0 Å². The minimum Gasteiger partial charge on any atom is -0.323 e. The minimum absolute atomic E-state index is 0.0349. The molecular weight excluding hydrogens is 383 g/mol. The van der Waals surface area contributed by atoms with Crippen LogP contribution in [-0.2, 0) is 23.9 Å². The number of hydrogen-bond acceptors (Lipinski definition) is 4. The van der Waals surface area contributed by atoms with Crippen LogP contribution in [-0.4, -0.2) is 38.7 Å². The van der Waals surface area contributed by atoms with Crippen molar-refractivity contribution in [2.24, 2.45) is 0 Å². The third kappa shape index (κ3) is 4.29. The molecule has 1 aliphatic heterocycles. The van der Waals surface area contributed by atoms with Crippen LogP contribution < -0.4 is 5.32 Å². The summed E-state index contributed by atoms with van der Waals surface area (Å²) >= 11 is 0. The molecule has 1 amide bonds. The van der Waals surface area contributed by atoms with E-state index in [2.05, 4.69) is 21.5 Å². The lowest BCUT2D eigenvalue weighted by molar-refractivity contribution is -0.137. The smallest absolute Gasteiger partial charge is 0.323 e. The fourth-order valence-electron chi connectivity index (χ4n) is 3.43. The van der Waals surface area contributed by atoms with Gasteiger partial charge in [-0.1, -0.05) is 24.3 Å². The highest BCUT2D eigenvalue weighted by molar-refractivity contribution is 5.94. The van der Waals surface area contributed by atoms with Gasteiger partial charge in [-0.3, -0.25) is 9.69 Å². The second-order valence-electron chi connectivity index (χ2n) is 6.85. The average Bonchev–Trinajstić information content (AvgIpc) is 3.21. The zero-order valence-electron chi connectivity index (χ0n) is 15.4. The molecule has 4 rings (SSSR count). The fourth-order valence-corrected chi connectivity index (χ4v) is 3.43. The summed E-state index contributed by atoms with van der Waals surface area (Å²) in [5, 5.41) is 6.56. The van der Waals surface area contributed by atoms with E-state index in [1.165, 1.54) is 29.0 Å². The Bertz CT molecular complexity index is 1020. The van der Waals surface area contributed by atoms with Gasteiger partial charge in [-0.25, -0.2) is 9.67 Å². The van der Waals surface area contributed by atoms with Crippen molar-refractivity contribution < 1.29 is 18.0 Å². The van der Waals surface area contributed by atoms with Crippen molar-refractivity contribution in [2.75, 3.05) is 18.4 Å². The summed E-state index contributed by atoms with van der Waals surface area (Å²) < 4.78 is 40.7. The largest absolute Gasteiger partial charge is 0.416 e. The number of nitrogens with one attached hydrogen (secondary N) is 1. The van der Waals surface area contributed by atoms with Crippen LogP contribution in [0, 0.1) is 0 Å². The monoisotopic (exact) mass is 401 g/mol. The molecule has 2 heterocycles. The van der Waals surface area contributed by atoms with Gasteiger partial charge in [0.2, 0.25) is 5.91 Å². The van der Waals surface area contributed by atoms with E-state index in [0.29, 0.717) is 18.8 Å². The number of hydrogen-bond donors (Lipinski definition) is 1. The number of aromatic nitrogens is 3. The Kier molecular flexibility index (Phi) is 5.06. The van der Waals surface area contributed by atoms with E-state index in [4.69, 9.17) is 0 Å². The van der Waals surface area contributed by atoms with E-state index < -0.39 is 11.7 Å². The van der Waals surface area contributed by atoms with Gasteiger partial charge < -0.3 is 5.32 Å². The number of alkyl halides is 3. The fraction of sp³-hybridized carbons (Fsp3) is 0.250. The maximum absolute atomic E-state index is 13.1. The Morgan fingerprint density at radius 3 is 2.66 bits per heavy atom.